The first-order chi connectivity index (χ1) is 14.9. The first kappa shape index (κ1) is 26.1. The largest absolute Gasteiger partial charge is 0.496 e. The van der Waals surface area contributed by atoms with Gasteiger partial charge in [-0.15, -0.1) is 0 Å². The van der Waals surface area contributed by atoms with Gasteiger partial charge in [-0.1, -0.05) is 37.3 Å². The summed E-state index contributed by atoms with van der Waals surface area (Å²) in [4.78, 5) is 11.9. The van der Waals surface area contributed by atoms with Crippen LogP contribution in [0.1, 0.15) is 61.2 Å². The van der Waals surface area contributed by atoms with Gasteiger partial charge in [-0.3, -0.25) is 0 Å². The number of aryl methyl sites for hydroxylation is 2. The summed E-state index contributed by atoms with van der Waals surface area (Å²) in [6, 6.07) is 1.79. The summed E-state index contributed by atoms with van der Waals surface area (Å²) in [5.74, 6) is -1.48. The Kier molecular flexibility index (Phi) is 8.65. The lowest BCUT2D eigenvalue weighted by Gasteiger charge is -2.20. The van der Waals surface area contributed by atoms with Crippen molar-refractivity contribution in [3.8, 4) is 5.75 Å². The highest BCUT2D eigenvalue weighted by molar-refractivity contribution is 5.95. The molecule has 2 rings (SSSR count). The molecule has 7 nitrogen and oxygen atoms in total. The van der Waals surface area contributed by atoms with Gasteiger partial charge in [-0.05, 0) is 58.1 Å². The zero-order valence-corrected chi connectivity index (χ0v) is 20.0. The third-order valence-electron chi connectivity index (χ3n) is 5.70. The van der Waals surface area contributed by atoms with Crippen LogP contribution in [0.2, 0.25) is 0 Å². The molecule has 1 aliphatic heterocycles. The molecule has 0 aromatic heterocycles. The van der Waals surface area contributed by atoms with E-state index in [2.05, 4.69) is 0 Å². The molecule has 7 heteroatoms. The summed E-state index contributed by atoms with van der Waals surface area (Å²) < 4.78 is 17.4. The smallest absolute Gasteiger partial charge is 0.336 e. The molecular weight excluding hydrogens is 412 g/mol. The van der Waals surface area contributed by atoms with Crippen LogP contribution < -0.4 is 4.74 Å². The number of methoxy groups -OCH3 is 1. The number of aliphatic hydroxyl groups is 2. The van der Waals surface area contributed by atoms with Gasteiger partial charge < -0.3 is 29.5 Å². The Morgan fingerprint density at radius 1 is 1.19 bits per heavy atom. The number of hydrogen-bond acceptors (Lipinski definition) is 6. The molecule has 1 unspecified atom stereocenters. The van der Waals surface area contributed by atoms with Crippen LogP contribution in [-0.2, 0) is 9.47 Å². The Morgan fingerprint density at radius 2 is 1.84 bits per heavy atom. The molecule has 5 atom stereocenters. The third-order valence-corrected chi connectivity index (χ3v) is 5.70. The molecule has 0 amide bonds. The molecule has 1 aromatic carbocycles. The van der Waals surface area contributed by atoms with Gasteiger partial charge in [-0.2, -0.15) is 0 Å². The Hall–Kier alpha value is -2.19. The zero-order chi connectivity index (χ0) is 24.2. The summed E-state index contributed by atoms with van der Waals surface area (Å²) >= 11 is 0. The minimum atomic E-state index is -1.02. The first-order valence-electron chi connectivity index (χ1n) is 10.9. The number of benzene rings is 1. The van der Waals surface area contributed by atoms with Gasteiger partial charge in [0.05, 0.1) is 24.9 Å². The number of carboxylic acids is 1. The van der Waals surface area contributed by atoms with Crippen molar-refractivity contribution in [2.75, 3.05) is 7.11 Å². The minimum Gasteiger partial charge on any atom is -0.496 e. The quantitative estimate of drug-likeness (QED) is 0.493. The van der Waals surface area contributed by atoms with E-state index >= 15 is 0 Å². The van der Waals surface area contributed by atoms with E-state index in [0.29, 0.717) is 23.3 Å². The summed E-state index contributed by atoms with van der Waals surface area (Å²) in [5, 5.41) is 30.0. The molecule has 0 bridgehead atoms. The van der Waals surface area contributed by atoms with Gasteiger partial charge >= 0.3 is 5.97 Å². The Labute approximate surface area is 190 Å². The fourth-order valence-electron chi connectivity index (χ4n) is 3.93. The number of aromatic carboxylic acids is 1. The van der Waals surface area contributed by atoms with Gasteiger partial charge in [0.15, 0.2) is 5.79 Å². The van der Waals surface area contributed by atoms with Crippen molar-refractivity contribution in [3.63, 3.8) is 0 Å². The number of carbonyl (C=O) groups is 1. The highest BCUT2D eigenvalue weighted by atomic mass is 16.8. The first-order valence-corrected chi connectivity index (χ1v) is 10.9. The van der Waals surface area contributed by atoms with E-state index in [-0.39, 0.29) is 11.5 Å². The number of carboxylic acid groups (broad SMARTS) is 1. The van der Waals surface area contributed by atoms with Crippen LogP contribution in [0.4, 0.5) is 0 Å². The monoisotopic (exact) mass is 448 g/mol. The van der Waals surface area contributed by atoms with Crippen LogP contribution in [0.3, 0.4) is 0 Å². The molecule has 178 valence electrons. The van der Waals surface area contributed by atoms with Crippen LogP contribution in [0.15, 0.2) is 24.3 Å². The fourth-order valence-corrected chi connectivity index (χ4v) is 3.93. The maximum atomic E-state index is 11.9. The summed E-state index contributed by atoms with van der Waals surface area (Å²) in [6.45, 7) is 10.8. The summed E-state index contributed by atoms with van der Waals surface area (Å²) in [7, 11) is 1.52. The van der Waals surface area contributed by atoms with Crippen molar-refractivity contribution in [1.82, 2.24) is 0 Å². The normalized spacial score (nSPS) is 23.5. The van der Waals surface area contributed by atoms with Crippen LogP contribution in [0.5, 0.6) is 5.75 Å². The maximum absolute atomic E-state index is 11.9. The van der Waals surface area contributed by atoms with Crippen molar-refractivity contribution >= 4 is 12.0 Å². The molecule has 0 aliphatic carbocycles. The lowest BCUT2D eigenvalue weighted by Crippen LogP contribution is -2.34. The van der Waals surface area contributed by atoms with Gasteiger partial charge in [-0.25, -0.2) is 4.79 Å². The van der Waals surface area contributed by atoms with Crippen LogP contribution in [0.25, 0.3) is 6.08 Å². The standard InChI is InChI=1S/C25H36O7/c1-14(17(4)26)11-12-19(27)23-20(31-25(5,6)32-23)10-8-9-18-21(24(28)29)15(2)13-16(3)22(18)30-7/h8-9,11-14,17,19-20,23,26-27H,10H2,1-7H3,(H,28,29)/b9-8+,12-11-/t14-,17+,19?,20+,23-/m1/s1. The topological polar surface area (TPSA) is 105 Å². The van der Waals surface area contributed by atoms with Crippen LogP contribution in [0, 0.1) is 19.8 Å². The molecular formula is C25H36O7. The van der Waals surface area contributed by atoms with Crippen molar-refractivity contribution in [1.29, 1.82) is 0 Å². The van der Waals surface area contributed by atoms with Crippen LogP contribution >= 0.6 is 0 Å². The minimum absolute atomic E-state index is 0.107. The lowest BCUT2D eigenvalue weighted by molar-refractivity contribution is -0.152. The maximum Gasteiger partial charge on any atom is 0.336 e. The van der Waals surface area contributed by atoms with E-state index in [9.17, 15) is 20.1 Å². The molecule has 1 aromatic rings. The van der Waals surface area contributed by atoms with Crippen molar-refractivity contribution in [2.45, 2.75) is 78.2 Å². The van der Waals surface area contributed by atoms with E-state index < -0.39 is 36.2 Å². The Bertz CT molecular complexity index is 870. The predicted octanol–water partition coefficient (Wildman–Crippen LogP) is 3.87. The summed E-state index contributed by atoms with van der Waals surface area (Å²) in [5.41, 5.74) is 2.20. The second-order valence-corrected chi connectivity index (χ2v) is 8.89. The molecule has 32 heavy (non-hydrogen) atoms. The molecule has 1 saturated heterocycles. The average molecular weight is 449 g/mol. The van der Waals surface area contributed by atoms with E-state index in [1.165, 1.54) is 7.11 Å². The average Bonchev–Trinajstić information content (AvgIpc) is 2.99. The number of hydrogen-bond donors (Lipinski definition) is 3. The molecule has 0 saturated carbocycles. The molecule has 0 radical (unpaired) electrons. The van der Waals surface area contributed by atoms with Crippen molar-refractivity contribution < 1.29 is 34.3 Å². The molecule has 1 heterocycles. The Morgan fingerprint density at radius 3 is 2.41 bits per heavy atom. The van der Waals surface area contributed by atoms with Gasteiger partial charge in [0.1, 0.15) is 18.0 Å². The van der Waals surface area contributed by atoms with E-state index in [4.69, 9.17) is 14.2 Å². The zero-order valence-electron chi connectivity index (χ0n) is 20.0. The van der Waals surface area contributed by atoms with E-state index in [1.807, 2.05) is 19.9 Å². The van der Waals surface area contributed by atoms with Gasteiger partial charge in [0.2, 0.25) is 0 Å². The molecule has 1 fully saturated rings. The predicted molar refractivity (Wildman–Crippen MR) is 123 cm³/mol. The van der Waals surface area contributed by atoms with E-state index in [0.717, 1.165) is 5.56 Å². The molecule has 1 aliphatic rings. The second-order valence-electron chi connectivity index (χ2n) is 8.89. The third kappa shape index (κ3) is 6.19. The number of rotatable bonds is 9. The van der Waals surface area contributed by atoms with Crippen molar-refractivity contribution in [2.24, 2.45) is 5.92 Å². The molecule has 0 spiro atoms. The lowest BCUT2D eigenvalue weighted by atomic mass is 9.96. The van der Waals surface area contributed by atoms with Gasteiger partial charge in [0.25, 0.3) is 0 Å². The SMILES string of the molecule is COc1c(C)cc(C)c(C(=O)O)c1/C=C/C[C@@H]1OC(C)(C)O[C@@H]1C(O)/C=C\[C@@H](C)[C@H](C)O. The second kappa shape index (κ2) is 10.6. The van der Waals surface area contributed by atoms with Crippen LogP contribution in [-0.4, -0.2) is 58.6 Å². The van der Waals surface area contributed by atoms with Crippen molar-refractivity contribution in [3.05, 3.63) is 46.5 Å². The van der Waals surface area contributed by atoms with E-state index in [1.54, 1.807) is 52.0 Å². The summed E-state index contributed by atoms with van der Waals surface area (Å²) in [6.07, 6.45) is 4.86. The number of aliphatic hydroxyl groups excluding tert-OH is 2. The highest BCUT2D eigenvalue weighted by Crippen LogP contribution is 2.34. The van der Waals surface area contributed by atoms with Gasteiger partial charge in [0, 0.05) is 5.56 Å². The Balaban J connectivity index is 2.27. The molecule has 3 N–H and O–H groups in total. The number of ether oxygens (including phenoxy) is 3. The fraction of sp³-hybridized carbons (Fsp3) is 0.560. The highest BCUT2D eigenvalue weighted by Gasteiger charge is 2.43.